The number of likely N-dealkylation sites (N-methyl/N-ethyl adjacent to an activating group) is 1. The molecule has 0 saturated carbocycles. The second kappa shape index (κ2) is 6.43. The predicted octanol–water partition coefficient (Wildman–Crippen LogP) is 0.846. The number of nitrogens with zero attached hydrogens (tertiary/aromatic N) is 4. The van der Waals surface area contributed by atoms with Crippen molar-refractivity contribution in [2.24, 2.45) is 0 Å². The summed E-state index contributed by atoms with van der Waals surface area (Å²) in [6, 6.07) is 1.37. The molecular weight excluding hydrogens is 292 g/mol. The van der Waals surface area contributed by atoms with Gasteiger partial charge in [0.2, 0.25) is 5.91 Å². The Morgan fingerprint density at radius 3 is 2.74 bits per heavy atom. The Balaban J connectivity index is 1.76. The second-order valence-electron chi connectivity index (χ2n) is 6.91. The number of amides is 1. The molecule has 1 saturated heterocycles. The number of aromatic nitrogens is 2. The molecular formula is C17H26N4O2. The van der Waals surface area contributed by atoms with Gasteiger partial charge >= 0.3 is 0 Å². The highest BCUT2D eigenvalue weighted by molar-refractivity contribution is 5.80. The van der Waals surface area contributed by atoms with E-state index in [1.165, 1.54) is 4.68 Å². The van der Waals surface area contributed by atoms with Gasteiger partial charge in [0, 0.05) is 19.2 Å². The van der Waals surface area contributed by atoms with E-state index in [1.807, 2.05) is 11.9 Å². The summed E-state index contributed by atoms with van der Waals surface area (Å²) in [6.07, 6.45) is 4.84. The van der Waals surface area contributed by atoms with Gasteiger partial charge < -0.3 is 9.80 Å². The van der Waals surface area contributed by atoms with E-state index in [0.717, 1.165) is 56.5 Å². The van der Waals surface area contributed by atoms with Gasteiger partial charge in [0.05, 0.1) is 5.69 Å². The fraction of sp³-hybridized carbons (Fsp3) is 0.706. The average molecular weight is 318 g/mol. The first-order valence-corrected chi connectivity index (χ1v) is 8.54. The summed E-state index contributed by atoms with van der Waals surface area (Å²) in [5.41, 5.74) is 1.86. The first-order chi connectivity index (χ1) is 11.0. The van der Waals surface area contributed by atoms with Crippen molar-refractivity contribution in [3.8, 4) is 0 Å². The molecule has 0 radical (unpaired) electrons. The molecule has 126 valence electrons. The zero-order valence-corrected chi connectivity index (χ0v) is 14.3. The monoisotopic (exact) mass is 318 g/mol. The summed E-state index contributed by atoms with van der Waals surface area (Å²) in [5.74, 6) is -0.0212. The predicted molar refractivity (Wildman–Crippen MR) is 88.5 cm³/mol. The molecule has 6 nitrogen and oxygen atoms in total. The Morgan fingerprint density at radius 2 is 2.04 bits per heavy atom. The molecule has 0 aromatic carbocycles. The van der Waals surface area contributed by atoms with Crippen LogP contribution in [0.25, 0.3) is 0 Å². The lowest BCUT2D eigenvalue weighted by Crippen LogP contribution is -2.47. The van der Waals surface area contributed by atoms with Crippen LogP contribution < -0.4 is 5.56 Å². The number of hydrogen-bond donors (Lipinski definition) is 0. The van der Waals surface area contributed by atoms with Crippen molar-refractivity contribution < 1.29 is 4.79 Å². The number of fused-ring (bicyclic) bond motifs is 1. The van der Waals surface area contributed by atoms with Gasteiger partial charge in [-0.2, -0.15) is 5.10 Å². The molecule has 1 aliphatic carbocycles. The van der Waals surface area contributed by atoms with Crippen LogP contribution in [0.2, 0.25) is 0 Å². The van der Waals surface area contributed by atoms with E-state index in [-0.39, 0.29) is 17.5 Å². The van der Waals surface area contributed by atoms with E-state index < -0.39 is 6.04 Å². The lowest BCUT2D eigenvalue weighted by molar-refractivity contribution is -0.136. The summed E-state index contributed by atoms with van der Waals surface area (Å²) in [6.45, 7) is 3.80. The fourth-order valence-electron chi connectivity index (χ4n) is 3.65. The maximum absolute atomic E-state index is 12.8. The summed E-state index contributed by atoms with van der Waals surface area (Å²) in [7, 11) is 3.96. The Morgan fingerprint density at radius 1 is 1.35 bits per heavy atom. The maximum Gasteiger partial charge on any atom is 0.267 e. The molecule has 0 spiro atoms. The van der Waals surface area contributed by atoms with Gasteiger partial charge in [-0.1, -0.05) is 0 Å². The van der Waals surface area contributed by atoms with Crippen molar-refractivity contribution >= 4 is 5.91 Å². The maximum atomic E-state index is 12.8. The minimum atomic E-state index is -0.543. The topological polar surface area (TPSA) is 58.4 Å². The highest BCUT2D eigenvalue weighted by atomic mass is 16.2. The summed E-state index contributed by atoms with van der Waals surface area (Å²) < 4.78 is 1.37. The molecule has 1 amide bonds. The van der Waals surface area contributed by atoms with Crippen LogP contribution in [-0.2, 0) is 17.6 Å². The molecule has 1 aliphatic heterocycles. The molecule has 6 heteroatoms. The minimum Gasteiger partial charge on any atom is -0.341 e. The highest BCUT2D eigenvalue weighted by Gasteiger charge is 2.29. The van der Waals surface area contributed by atoms with Gasteiger partial charge in [0.15, 0.2) is 0 Å². The lowest BCUT2D eigenvalue weighted by Gasteiger charge is -2.36. The Kier molecular flexibility index (Phi) is 4.53. The SMILES string of the molecule is CC(C(=O)N(C)C1CCN(C)CC1)n1nc2c(cc1=O)CCC2. The van der Waals surface area contributed by atoms with Crippen LogP contribution in [0.3, 0.4) is 0 Å². The molecule has 0 N–H and O–H groups in total. The van der Waals surface area contributed by atoms with Crippen LogP contribution >= 0.6 is 0 Å². The zero-order valence-electron chi connectivity index (χ0n) is 14.3. The number of rotatable bonds is 3. The highest BCUT2D eigenvalue weighted by Crippen LogP contribution is 2.20. The Labute approximate surface area is 137 Å². The van der Waals surface area contributed by atoms with Crippen molar-refractivity contribution in [3.63, 3.8) is 0 Å². The molecule has 1 unspecified atom stereocenters. The minimum absolute atomic E-state index is 0.0212. The van der Waals surface area contributed by atoms with Crippen molar-refractivity contribution in [2.45, 2.75) is 51.1 Å². The van der Waals surface area contributed by atoms with Crippen LogP contribution in [0.1, 0.15) is 43.5 Å². The van der Waals surface area contributed by atoms with Crippen LogP contribution in [0.15, 0.2) is 10.9 Å². The fourth-order valence-corrected chi connectivity index (χ4v) is 3.65. The molecule has 1 aromatic rings. The van der Waals surface area contributed by atoms with Crippen LogP contribution in [0, 0.1) is 0 Å². The standard InChI is InChI=1S/C17H26N4O2/c1-12(17(23)20(3)14-7-9-19(2)10-8-14)21-16(22)11-13-5-4-6-15(13)18-21/h11-12,14H,4-10H2,1-3H3. The van der Waals surface area contributed by atoms with Gasteiger partial charge in [-0.25, -0.2) is 4.68 Å². The van der Waals surface area contributed by atoms with Crippen LogP contribution in [0.4, 0.5) is 0 Å². The van der Waals surface area contributed by atoms with Gasteiger partial charge in [-0.05, 0) is 64.7 Å². The number of aryl methyl sites for hydroxylation is 2. The van der Waals surface area contributed by atoms with Crippen LogP contribution in [-0.4, -0.2) is 58.7 Å². The second-order valence-corrected chi connectivity index (χ2v) is 6.91. The van der Waals surface area contributed by atoms with E-state index in [4.69, 9.17) is 0 Å². The third-order valence-electron chi connectivity index (χ3n) is 5.29. The molecule has 1 atom stereocenters. The summed E-state index contributed by atoms with van der Waals surface area (Å²) in [5, 5.41) is 4.46. The average Bonchev–Trinajstić information content (AvgIpc) is 3.00. The summed E-state index contributed by atoms with van der Waals surface area (Å²) >= 11 is 0. The molecule has 23 heavy (non-hydrogen) atoms. The van der Waals surface area contributed by atoms with Crippen molar-refractivity contribution in [1.82, 2.24) is 19.6 Å². The smallest absolute Gasteiger partial charge is 0.267 e. The molecule has 1 aromatic heterocycles. The number of likely N-dealkylation sites (tertiary alicyclic amines) is 1. The van der Waals surface area contributed by atoms with E-state index >= 15 is 0 Å². The van der Waals surface area contributed by atoms with Crippen molar-refractivity contribution in [1.29, 1.82) is 0 Å². The number of carbonyl (C=O) groups is 1. The first kappa shape index (κ1) is 16.2. The summed E-state index contributed by atoms with van der Waals surface area (Å²) in [4.78, 5) is 29.2. The zero-order chi connectivity index (χ0) is 16.6. The number of piperidine rings is 1. The van der Waals surface area contributed by atoms with Gasteiger partial charge in [-0.15, -0.1) is 0 Å². The lowest BCUT2D eigenvalue weighted by atomic mass is 10.0. The Hall–Kier alpha value is -1.69. The van der Waals surface area contributed by atoms with Crippen LogP contribution in [0.5, 0.6) is 0 Å². The molecule has 2 heterocycles. The number of carbonyl (C=O) groups excluding carboxylic acids is 1. The van der Waals surface area contributed by atoms with E-state index in [1.54, 1.807) is 13.0 Å². The molecule has 0 bridgehead atoms. The third-order valence-corrected chi connectivity index (χ3v) is 5.29. The quantitative estimate of drug-likeness (QED) is 0.829. The van der Waals surface area contributed by atoms with Gasteiger partial charge in [0.25, 0.3) is 5.56 Å². The van der Waals surface area contributed by atoms with E-state index in [9.17, 15) is 9.59 Å². The first-order valence-electron chi connectivity index (χ1n) is 8.54. The van der Waals surface area contributed by atoms with Crippen molar-refractivity contribution in [2.75, 3.05) is 27.2 Å². The van der Waals surface area contributed by atoms with Gasteiger partial charge in [-0.3, -0.25) is 9.59 Å². The Bertz CT molecular complexity index is 646. The third kappa shape index (κ3) is 3.17. The largest absolute Gasteiger partial charge is 0.341 e. The molecule has 1 fully saturated rings. The van der Waals surface area contributed by atoms with Gasteiger partial charge in [0.1, 0.15) is 6.04 Å². The molecule has 3 rings (SSSR count). The molecule has 2 aliphatic rings. The van der Waals surface area contributed by atoms with E-state index in [0.29, 0.717) is 0 Å². The number of hydrogen-bond acceptors (Lipinski definition) is 4. The normalized spacial score (nSPS) is 20.3. The van der Waals surface area contributed by atoms with Crippen molar-refractivity contribution in [3.05, 3.63) is 27.7 Å². The van der Waals surface area contributed by atoms with E-state index in [2.05, 4.69) is 17.0 Å².